The fourth-order valence-electron chi connectivity index (χ4n) is 4.05. The van der Waals surface area contributed by atoms with Crippen molar-refractivity contribution in [2.24, 2.45) is 5.92 Å². The van der Waals surface area contributed by atoms with Crippen molar-refractivity contribution >= 4 is 24.2 Å². The van der Waals surface area contributed by atoms with Gasteiger partial charge < -0.3 is 20.3 Å². The van der Waals surface area contributed by atoms with Gasteiger partial charge >= 0.3 is 0 Å². The molecule has 1 aromatic carbocycles. The van der Waals surface area contributed by atoms with E-state index in [1.54, 1.807) is 20.1 Å². The molecule has 2 heterocycles. The van der Waals surface area contributed by atoms with Gasteiger partial charge in [0.15, 0.2) is 0 Å². The molecule has 0 atom stereocenters. The highest BCUT2D eigenvalue weighted by Crippen LogP contribution is 2.28. The first-order chi connectivity index (χ1) is 13.4. The molecule has 0 aromatic heterocycles. The first kappa shape index (κ1) is 23.6. The molecule has 0 aliphatic carbocycles. The number of carbonyl (C=O) groups excluding carboxylic acids is 2. The molecule has 2 saturated heterocycles. The van der Waals surface area contributed by atoms with E-state index in [2.05, 4.69) is 10.6 Å². The van der Waals surface area contributed by atoms with Crippen molar-refractivity contribution in [1.82, 2.24) is 15.5 Å². The molecule has 6 nitrogen and oxygen atoms in total. The van der Waals surface area contributed by atoms with Gasteiger partial charge in [0.2, 0.25) is 5.91 Å². The molecule has 162 valence electrons. The molecule has 29 heavy (non-hydrogen) atoms. The summed E-state index contributed by atoms with van der Waals surface area (Å²) in [5, 5.41) is 6.16. The zero-order valence-electron chi connectivity index (χ0n) is 17.1. The van der Waals surface area contributed by atoms with Gasteiger partial charge in [0.1, 0.15) is 11.4 Å². The monoisotopic (exact) mass is 427 g/mol. The van der Waals surface area contributed by atoms with Crippen molar-refractivity contribution in [2.75, 3.05) is 33.3 Å². The quantitative estimate of drug-likeness (QED) is 0.755. The van der Waals surface area contributed by atoms with Crippen LogP contribution < -0.4 is 10.6 Å². The molecule has 0 saturated carbocycles. The van der Waals surface area contributed by atoms with Gasteiger partial charge in [-0.15, -0.1) is 12.4 Å². The number of aryl methyl sites for hydroxylation is 1. The number of benzene rings is 1. The lowest BCUT2D eigenvalue weighted by molar-refractivity contribution is -0.160. The average Bonchev–Trinajstić information content (AvgIpc) is 2.74. The predicted molar refractivity (Wildman–Crippen MR) is 111 cm³/mol. The Morgan fingerprint density at radius 1 is 1.28 bits per heavy atom. The summed E-state index contributed by atoms with van der Waals surface area (Å²) in [4.78, 5) is 27.3. The summed E-state index contributed by atoms with van der Waals surface area (Å²) in [5.74, 6) is -0.365. The first-order valence-electron chi connectivity index (χ1n) is 10.0. The number of ether oxygens (including phenoxy) is 1. The number of halogens is 2. The van der Waals surface area contributed by atoms with Crippen LogP contribution in [0.5, 0.6) is 0 Å². The van der Waals surface area contributed by atoms with Crippen LogP contribution in [-0.2, 0) is 20.9 Å². The van der Waals surface area contributed by atoms with Gasteiger partial charge in [-0.2, -0.15) is 0 Å². The molecule has 2 aliphatic rings. The minimum atomic E-state index is -0.726. The molecule has 0 unspecified atom stereocenters. The van der Waals surface area contributed by atoms with E-state index in [0.717, 1.165) is 18.7 Å². The van der Waals surface area contributed by atoms with Gasteiger partial charge in [0, 0.05) is 32.7 Å². The summed E-state index contributed by atoms with van der Waals surface area (Å²) in [6.07, 6.45) is 2.63. The Bertz CT molecular complexity index is 717. The van der Waals surface area contributed by atoms with Gasteiger partial charge in [0.05, 0.1) is 0 Å². The lowest BCUT2D eigenvalue weighted by atomic mass is 9.88. The third-order valence-corrected chi connectivity index (χ3v) is 6.05. The zero-order valence-corrected chi connectivity index (χ0v) is 17.9. The Hall–Kier alpha value is -1.70. The van der Waals surface area contributed by atoms with E-state index in [1.165, 1.54) is 6.07 Å². The topological polar surface area (TPSA) is 70.7 Å². The third-order valence-electron chi connectivity index (χ3n) is 6.05. The number of hydrogen-bond donors (Lipinski definition) is 2. The maximum absolute atomic E-state index is 13.6. The summed E-state index contributed by atoms with van der Waals surface area (Å²) in [5.41, 5.74) is 0.613. The van der Waals surface area contributed by atoms with Crippen molar-refractivity contribution in [3.63, 3.8) is 0 Å². The van der Waals surface area contributed by atoms with Crippen LogP contribution in [0.3, 0.4) is 0 Å². The lowest BCUT2D eigenvalue weighted by Gasteiger charge is -2.41. The van der Waals surface area contributed by atoms with Crippen LogP contribution in [0, 0.1) is 18.7 Å². The molecule has 2 N–H and O–H groups in total. The normalized spacial score (nSPS) is 19.3. The number of nitrogens with one attached hydrogen (secondary N) is 2. The van der Waals surface area contributed by atoms with Crippen LogP contribution in [0.2, 0.25) is 0 Å². The largest absolute Gasteiger partial charge is 0.368 e. The Labute approximate surface area is 178 Å². The van der Waals surface area contributed by atoms with E-state index >= 15 is 0 Å². The molecule has 2 fully saturated rings. The molecule has 8 heteroatoms. The molecule has 0 radical (unpaired) electrons. The zero-order chi connectivity index (χ0) is 20.1. The number of likely N-dealkylation sites (tertiary alicyclic amines) is 1. The predicted octanol–water partition coefficient (Wildman–Crippen LogP) is 2.18. The summed E-state index contributed by atoms with van der Waals surface area (Å²) in [7, 11) is 1.61. The number of hydrogen-bond acceptors (Lipinski definition) is 4. The van der Waals surface area contributed by atoms with Crippen molar-refractivity contribution in [1.29, 1.82) is 0 Å². The van der Waals surface area contributed by atoms with Crippen molar-refractivity contribution in [3.8, 4) is 0 Å². The van der Waals surface area contributed by atoms with Gasteiger partial charge in [-0.25, -0.2) is 4.39 Å². The van der Waals surface area contributed by atoms with Gasteiger partial charge in [-0.1, -0.05) is 12.1 Å². The minimum Gasteiger partial charge on any atom is -0.368 e. The highest BCUT2D eigenvalue weighted by molar-refractivity contribution is 5.86. The average molecular weight is 428 g/mol. The molecular formula is C21H31ClFN3O3. The van der Waals surface area contributed by atoms with E-state index < -0.39 is 5.60 Å². The second-order valence-electron chi connectivity index (χ2n) is 7.82. The summed E-state index contributed by atoms with van der Waals surface area (Å²) in [6, 6.07) is 5.00. The number of rotatable bonds is 5. The van der Waals surface area contributed by atoms with Crippen molar-refractivity contribution in [3.05, 3.63) is 35.1 Å². The van der Waals surface area contributed by atoms with Gasteiger partial charge in [0.25, 0.3) is 5.91 Å². The number of piperidine rings is 2. The molecule has 2 amide bonds. The molecule has 1 aromatic rings. The number of carbonyl (C=O) groups is 2. The SMILES string of the molecule is COC1(C(=O)N2CCC(C(=O)NCc3ccc(C)c(F)c3)CC2)CCNCC1.Cl. The second-order valence-corrected chi connectivity index (χ2v) is 7.82. The van der Waals surface area contributed by atoms with E-state index in [1.807, 2.05) is 11.0 Å². The van der Waals surface area contributed by atoms with Crippen LogP contribution in [-0.4, -0.2) is 55.6 Å². The minimum absolute atomic E-state index is 0. The molecule has 3 rings (SSSR count). The summed E-state index contributed by atoms with van der Waals surface area (Å²) in [6.45, 7) is 4.71. The maximum Gasteiger partial charge on any atom is 0.254 e. The molecule has 0 bridgehead atoms. The molecule has 2 aliphatic heterocycles. The number of amides is 2. The van der Waals surface area contributed by atoms with Crippen LogP contribution in [0.15, 0.2) is 18.2 Å². The second kappa shape index (κ2) is 10.4. The van der Waals surface area contributed by atoms with E-state index in [0.29, 0.717) is 50.9 Å². The van der Waals surface area contributed by atoms with Crippen molar-refractivity contribution in [2.45, 2.75) is 44.8 Å². The summed E-state index contributed by atoms with van der Waals surface area (Å²) >= 11 is 0. The third kappa shape index (κ3) is 5.47. The molecular weight excluding hydrogens is 397 g/mol. The number of methoxy groups -OCH3 is 1. The van der Waals surface area contributed by atoms with Crippen LogP contribution in [0.25, 0.3) is 0 Å². The van der Waals surface area contributed by atoms with Crippen molar-refractivity contribution < 1.29 is 18.7 Å². The van der Waals surface area contributed by atoms with Crippen LogP contribution in [0.1, 0.15) is 36.8 Å². The fraction of sp³-hybridized carbons (Fsp3) is 0.619. The number of nitrogens with zero attached hydrogens (tertiary/aromatic N) is 1. The fourth-order valence-corrected chi connectivity index (χ4v) is 4.05. The highest BCUT2D eigenvalue weighted by atomic mass is 35.5. The maximum atomic E-state index is 13.6. The van der Waals surface area contributed by atoms with Crippen LogP contribution in [0.4, 0.5) is 4.39 Å². The van der Waals surface area contributed by atoms with E-state index in [-0.39, 0.29) is 36.0 Å². The summed E-state index contributed by atoms with van der Waals surface area (Å²) < 4.78 is 19.3. The highest BCUT2D eigenvalue weighted by Gasteiger charge is 2.43. The Morgan fingerprint density at radius 2 is 1.93 bits per heavy atom. The van der Waals surface area contributed by atoms with Gasteiger partial charge in [-0.3, -0.25) is 9.59 Å². The lowest BCUT2D eigenvalue weighted by Crippen LogP contribution is -2.57. The van der Waals surface area contributed by atoms with Crippen LogP contribution >= 0.6 is 12.4 Å². The first-order valence-corrected chi connectivity index (χ1v) is 10.0. The molecule has 0 spiro atoms. The Kier molecular flexibility index (Phi) is 8.43. The Morgan fingerprint density at radius 3 is 2.52 bits per heavy atom. The van der Waals surface area contributed by atoms with E-state index in [9.17, 15) is 14.0 Å². The van der Waals surface area contributed by atoms with E-state index in [4.69, 9.17) is 4.74 Å². The standard InChI is InChI=1S/C21H30FN3O3.ClH/c1-15-3-4-16(13-18(15)22)14-24-19(26)17-5-11-25(12-6-17)20(27)21(28-2)7-9-23-10-8-21;/h3-4,13,17,23H,5-12,14H2,1-2H3,(H,24,26);1H. The Balaban J connectivity index is 0.00000300. The van der Waals surface area contributed by atoms with Gasteiger partial charge in [-0.05, 0) is 62.9 Å². The smallest absolute Gasteiger partial charge is 0.254 e.